The van der Waals surface area contributed by atoms with Crippen LogP contribution in [0.2, 0.25) is 0 Å². The predicted molar refractivity (Wildman–Crippen MR) is 65.8 cm³/mol. The number of ether oxygens (including phenoxy) is 1. The lowest BCUT2D eigenvalue weighted by molar-refractivity contribution is -0.142. The maximum Gasteiger partial charge on any atom is 0.310 e. The number of benzene rings is 1. The molecule has 0 aliphatic rings. The Hall–Kier alpha value is -1.96. The molecule has 0 saturated heterocycles. The van der Waals surface area contributed by atoms with Crippen LogP contribution in [0.1, 0.15) is 42.5 Å². The molecule has 1 rings (SSSR count). The van der Waals surface area contributed by atoms with Gasteiger partial charge in [-0.3, -0.25) is 4.79 Å². The van der Waals surface area contributed by atoms with Crippen LogP contribution in [0.5, 0.6) is 0 Å². The summed E-state index contributed by atoms with van der Waals surface area (Å²) >= 11 is 0. The number of aryl methyl sites for hydroxylation is 1. The van der Waals surface area contributed by atoms with Gasteiger partial charge in [-0.25, -0.2) is 8.78 Å². The van der Waals surface area contributed by atoms with Crippen molar-refractivity contribution in [2.24, 2.45) is 0 Å². The van der Waals surface area contributed by atoms with E-state index >= 15 is 0 Å². The molecule has 0 aliphatic heterocycles. The third-order valence-electron chi connectivity index (χ3n) is 2.80. The zero-order valence-electron chi connectivity index (χ0n) is 10.9. The molecule has 0 heterocycles. The van der Waals surface area contributed by atoms with Gasteiger partial charge in [0, 0.05) is 5.56 Å². The van der Waals surface area contributed by atoms with E-state index in [9.17, 15) is 13.6 Å². The molecule has 102 valence electrons. The summed E-state index contributed by atoms with van der Waals surface area (Å²) in [5.74, 6) is -0.514. The van der Waals surface area contributed by atoms with Crippen LogP contribution in [-0.4, -0.2) is 12.6 Å². The Labute approximate surface area is 110 Å². The Balaban J connectivity index is 3.28. The monoisotopic (exact) mass is 267 g/mol. The molecule has 0 fully saturated rings. The van der Waals surface area contributed by atoms with Crippen molar-refractivity contribution in [2.45, 2.75) is 33.1 Å². The van der Waals surface area contributed by atoms with Gasteiger partial charge in [-0.15, -0.1) is 0 Å². The number of nitriles is 1. The number of carbonyl (C=O) groups excluding carboxylic acids is 1. The summed E-state index contributed by atoms with van der Waals surface area (Å²) in [4.78, 5) is 11.5. The molecule has 1 aromatic carbocycles. The summed E-state index contributed by atoms with van der Waals surface area (Å²) in [6, 6.07) is 4.57. The Kier molecular flexibility index (Phi) is 5.43. The van der Waals surface area contributed by atoms with Gasteiger partial charge in [0.15, 0.2) is 0 Å². The van der Waals surface area contributed by atoms with Crippen molar-refractivity contribution in [3.05, 3.63) is 34.4 Å². The summed E-state index contributed by atoms with van der Waals surface area (Å²) in [6.07, 6.45) is -2.32. The lowest BCUT2D eigenvalue weighted by Gasteiger charge is -2.13. The number of hydrogen-bond acceptors (Lipinski definition) is 3. The molecule has 19 heavy (non-hydrogen) atoms. The maximum atomic E-state index is 12.8. The summed E-state index contributed by atoms with van der Waals surface area (Å²) in [7, 11) is 0. The number of hydrogen-bond donors (Lipinski definition) is 0. The molecular weight excluding hydrogens is 252 g/mol. The predicted octanol–water partition coefficient (Wildman–Crippen LogP) is 3.16. The molecule has 0 radical (unpaired) electrons. The fourth-order valence-electron chi connectivity index (χ4n) is 1.91. The van der Waals surface area contributed by atoms with E-state index < -0.39 is 12.4 Å². The van der Waals surface area contributed by atoms with Crippen LogP contribution in [0.15, 0.2) is 12.1 Å². The quantitative estimate of drug-likeness (QED) is 0.770. The molecule has 0 N–H and O–H groups in total. The summed E-state index contributed by atoms with van der Waals surface area (Å²) < 4.78 is 30.5. The lowest BCUT2D eigenvalue weighted by atomic mass is 9.93. The molecule has 1 aromatic rings. The minimum atomic E-state index is -2.73. The van der Waals surface area contributed by atoms with Crippen LogP contribution in [0.3, 0.4) is 0 Å². The highest BCUT2D eigenvalue weighted by Crippen LogP contribution is 2.28. The van der Waals surface area contributed by atoms with Crippen LogP contribution < -0.4 is 0 Å². The second-order valence-electron chi connectivity index (χ2n) is 3.92. The molecule has 3 nitrogen and oxygen atoms in total. The Morgan fingerprint density at radius 2 is 2.11 bits per heavy atom. The van der Waals surface area contributed by atoms with Gasteiger partial charge < -0.3 is 4.74 Å². The first-order valence-corrected chi connectivity index (χ1v) is 6.03. The van der Waals surface area contributed by atoms with E-state index in [1.165, 1.54) is 12.1 Å². The molecule has 0 amide bonds. The standard InChI is InChI=1S/C14H15F2NO2/c1-3-9-5-6-10(14(15)16)12(8-17)11(9)7-13(18)19-4-2/h5-6,14H,3-4,7H2,1-2H3. The molecule has 0 atom stereocenters. The first-order chi connectivity index (χ1) is 9.04. The highest BCUT2D eigenvalue weighted by atomic mass is 19.3. The van der Waals surface area contributed by atoms with Gasteiger partial charge in [0.25, 0.3) is 6.43 Å². The average molecular weight is 267 g/mol. The first kappa shape index (κ1) is 15.1. The third kappa shape index (κ3) is 3.50. The molecule has 0 unspecified atom stereocenters. The number of esters is 1. The highest BCUT2D eigenvalue weighted by molar-refractivity contribution is 5.74. The highest BCUT2D eigenvalue weighted by Gasteiger charge is 2.20. The van der Waals surface area contributed by atoms with Gasteiger partial charge in [-0.05, 0) is 24.5 Å². The van der Waals surface area contributed by atoms with Crippen molar-refractivity contribution in [2.75, 3.05) is 6.61 Å². The van der Waals surface area contributed by atoms with Crippen molar-refractivity contribution in [3.63, 3.8) is 0 Å². The zero-order chi connectivity index (χ0) is 14.4. The zero-order valence-corrected chi connectivity index (χ0v) is 10.9. The van der Waals surface area contributed by atoms with Gasteiger partial charge in [0.05, 0.1) is 24.7 Å². The van der Waals surface area contributed by atoms with Gasteiger partial charge in [-0.1, -0.05) is 19.1 Å². The van der Waals surface area contributed by atoms with E-state index in [2.05, 4.69) is 0 Å². The molecule has 0 saturated carbocycles. The average Bonchev–Trinajstić information content (AvgIpc) is 2.38. The lowest BCUT2D eigenvalue weighted by Crippen LogP contribution is -2.12. The SMILES string of the molecule is CCOC(=O)Cc1c(CC)ccc(C(F)F)c1C#N. The number of rotatable bonds is 5. The Bertz CT molecular complexity index is 507. The van der Waals surface area contributed by atoms with Crippen molar-refractivity contribution >= 4 is 5.97 Å². The van der Waals surface area contributed by atoms with Crippen molar-refractivity contribution < 1.29 is 18.3 Å². The van der Waals surface area contributed by atoms with Crippen LogP contribution in [0.4, 0.5) is 8.78 Å². The van der Waals surface area contributed by atoms with Gasteiger partial charge in [0.1, 0.15) is 0 Å². The van der Waals surface area contributed by atoms with Gasteiger partial charge >= 0.3 is 5.97 Å². The summed E-state index contributed by atoms with van der Waals surface area (Å²) in [5.41, 5.74) is 0.622. The van der Waals surface area contributed by atoms with Crippen LogP contribution in [0, 0.1) is 11.3 Å². The Morgan fingerprint density at radius 3 is 2.58 bits per heavy atom. The molecule has 0 aromatic heterocycles. The van der Waals surface area contributed by atoms with E-state index in [-0.39, 0.29) is 24.2 Å². The second kappa shape index (κ2) is 6.83. The van der Waals surface area contributed by atoms with Crippen molar-refractivity contribution in [1.29, 1.82) is 5.26 Å². The van der Waals surface area contributed by atoms with Crippen LogP contribution >= 0.6 is 0 Å². The number of halogens is 2. The van der Waals surface area contributed by atoms with E-state index in [1.807, 2.05) is 6.92 Å². The number of nitrogens with zero attached hydrogens (tertiary/aromatic N) is 1. The number of alkyl halides is 2. The van der Waals surface area contributed by atoms with Crippen molar-refractivity contribution in [3.8, 4) is 6.07 Å². The minimum Gasteiger partial charge on any atom is -0.466 e. The first-order valence-electron chi connectivity index (χ1n) is 6.03. The Morgan fingerprint density at radius 1 is 1.42 bits per heavy atom. The third-order valence-corrected chi connectivity index (χ3v) is 2.80. The van der Waals surface area contributed by atoms with E-state index in [0.29, 0.717) is 17.5 Å². The number of carbonyl (C=O) groups is 1. The smallest absolute Gasteiger partial charge is 0.310 e. The molecule has 0 bridgehead atoms. The van der Waals surface area contributed by atoms with E-state index in [1.54, 1.807) is 13.0 Å². The molecule has 0 spiro atoms. The van der Waals surface area contributed by atoms with Crippen molar-refractivity contribution in [1.82, 2.24) is 0 Å². The second-order valence-corrected chi connectivity index (χ2v) is 3.92. The van der Waals surface area contributed by atoms with Gasteiger partial charge in [0.2, 0.25) is 0 Å². The minimum absolute atomic E-state index is 0.109. The maximum absolute atomic E-state index is 12.8. The topological polar surface area (TPSA) is 50.1 Å². The van der Waals surface area contributed by atoms with Crippen LogP contribution in [0.25, 0.3) is 0 Å². The fourth-order valence-corrected chi connectivity index (χ4v) is 1.91. The van der Waals surface area contributed by atoms with E-state index in [0.717, 1.165) is 0 Å². The van der Waals surface area contributed by atoms with E-state index in [4.69, 9.17) is 10.00 Å². The normalized spacial score (nSPS) is 10.3. The molecule has 5 heteroatoms. The summed E-state index contributed by atoms with van der Waals surface area (Å²) in [6.45, 7) is 3.73. The largest absolute Gasteiger partial charge is 0.466 e. The molecule has 0 aliphatic carbocycles. The van der Waals surface area contributed by atoms with Gasteiger partial charge in [-0.2, -0.15) is 5.26 Å². The fraction of sp³-hybridized carbons (Fsp3) is 0.429. The summed E-state index contributed by atoms with van der Waals surface area (Å²) in [5, 5.41) is 9.08. The molecular formula is C14H15F2NO2. The van der Waals surface area contributed by atoms with Crippen LogP contribution in [-0.2, 0) is 22.4 Å².